The number of H-pyrrole nitrogens is 1. The first-order valence-electron chi connectivity index (χ1n) is 9.66. The maximum Gasteiger partial charge on any atom is 0.416 e. The van der Waals surface area contributed by atoms with E-state index >= 15 is 0 Å². The van der Waals surface area contributed by atoms with Crippen LogP contribution in [0.3, 0.4) is 0 Å². The van der Waals surface area contributed by atoms with Gasteiger partial charge in [-0.25, -0.2) is 0 Å². The van der Waals surface area contributed by atoms with Crippen LogP contribution in [-0.4, -0.2) is 62.1 Å². The van der Waals surface area contributed by atoms with Crippen molar-refractivity contribution in [3.05, 3.63) is 35.5 Å². The van der Waals surface area contributed by atoms with Crippen molar-refractivity contribution in [3.63, 3.8) is 0 Å². The van der Waals surface area contributed by atoms with Gasteiger partial charge in [-0.2, -0.15) is 18.3 Å². The number of likely N-dealkylation sites (N-methyl/N-ethyl adjacent to an activating group) is 2. The van der Waals surface area contributed by atoms with Gasteiger partial charge in [-0.05, 0) is 38.7 Å². The quantitative estimate of drug-likeness (QED) is 0.663. The van der Waals surface area contributed by atoms with Gasteiger partial charge in [-0.15, -0.1) is 0 Å². The predicted octanol–water partition coefficient (Wildman–Crippen LogP) is 3.16. The Balaban J connectivity index is 1.84. The second kappa shape index (κ2) is 9.60. The van der Waals surface area contributed by atoms with Gasteiger partial charge >= 0.3 is 6.18 Å². The van der Waals surface area contributed by atoms with Crippen LogP contribution in [0.25, 0.3) is 11.3 Å². The molecule has 2 N–H and O–H groups in total. The third-order valence-corrected chi connectivity index (χ3v) is 4.92. The van der Waals surface area contributed by atoms with E-state index in [0.717, 1.165) is 37.2 Å². The van der Waals surface area contributed by atoms with Crippen molar-refractivity contribution in [2.45, 2.75) is 19.1 Å². The molecule has 1 saturated heterocycles. The van der Waals surface area contributed by atoms with Crippen LogP contribution in [0.2, 0.25) is 0 Å². The van der Waals surface area contributed by atoms with Gasteiger partial charge in [0.1, 0.15) is 5.75 Å². The molecule has 2 aromatic rings. The van der Waals surface area contributed by atoms with Crippen molar-refractivity contribution in [1.29, 1.82) is 0 Å². The normalized spacial score (nSPS) is 17.2. The van der Waals surface area contributed by atoms with E-state index in [4.69, 9.17) is 9.47 Å². The molecule has 29 heavy (non-hydrogen) atoms. The van der Waals surface area contributed by atoms with Gasteiger partial charge in [-0.3, -0.25) is 5.10 Å². The molecule has 1 aromatic carbocycles. The summed E-state index contributed by atoms with van der Waals surface area (Å²) in [6.07, 6.45) is -1.89. The van der Waals surface area contributed by atoms with E-state index in [0.29, 0.717) is 37.6 Å². The second-order valence-corrected chi connectivity index (χ2v) is 7.38. The zero-order valence-corrected chi connectivity index (χ0v) is 16.7. The number of alkyl halides is 3. The number of ether oxygens (including phenoxy) is 2. The van der Waals surface area contributed by atoms with Gasteiger partial charge in [0.15, 0.2) is 0 Å². The number of benzene rings is 1. The second-order valence-electron chi connectivity index (χ2n) is 7.38. The van der Waals surface area contributed by atoms with E-state index < -0.39 is 11.7 Å². The maximum atomic E-state index is 13.5. The van der Waals surface area contributed by atoms with Crippen LogP contribution in [0.15, 0.2) is 24.4 Å². The lowest BCUT2D eigenvalue weighted by atomic mass is 10.0. The highest BCUT2D eigenvalue weighted by atomic mass is 19.4. The van der Waals surface area contributed by atoms with E-state index in [1.54, 1.807) is 12.3 Å². The summed E-state index contributed by atoms with van der Waals surface area (Å²) in [5.41, 5.74) is 0.973. The maximum absolute atomic E-state index is 13.5. The summed E-state index contributed by atoms with van der Waals surface area (Å²) in [5.74, 6) is 0.397. The Hall–Kier alpha value is -2.10. The zero-order chi connectivity index (χ0) is 20.9. The lowest BCUT2D eigenvalue weighted by molar-refractivity contribution is -0.137. The first-order chi connectivity index (χ1) is 13.9. The Morgan fingerprint density at radius 3 is 2.86 bits per heavy atom. The minimum atomic E-state index is -4.47. The van der Waals surface area contributed by atoms with Crippen LogP contribution in [0.1, 0.15) is 17.5 Å². The van der Waals surface area contributed by atoms with Crippen LogP contribution in [0.4, 0.5) is 13.2 Å². The molecule has 1 fully saturated rings. The lowest BCUT2D eigenvalue weighted by Gasteiger charge is -2.17. The van der Waals surface area contributed by atoms with Crippen molar-refractivity contribution in [3.8, 4) is 17.0 Å². The van der Waals surface area contributed by atoms with E-state index in [-0.39, 0.29) is 11.7 Å². The van der Waals surface area contributed by atoms with Crippen molar-refractivity contribution < 1.29 is 22.6 Å². The minimum Gasteiger partial charge on any atom is -0.493 e. The van der Waals surface area contributed by atoms with Gasteiger partial charge in [0.25, 0.3) is 0 Å². The number of aromatic nitrogens is 2. The van der Waals surface area contributed by atoms with E-state index in [2.05, 4.69) is 20.4 Å². The molecule has 160 valence electrons. The van der Waals surface area contributed by atoms with Crippen molar-refractivity contribution >= 4 is 0 Å². The molecule has 0 amide bonds. The van der Waals surface area contributed by atoms with Gasteiger partial charge in [0.05, 0.1) is 24.5 Å². The van der Waals surface area contributed by atoms with E-state index in [1.807, 2.05) is 14.1 Å². The molecule has 2 heterocycles. The molecule has 0 aliphatic carbocycles. The topological polar surface area (TPSA) is 62.4 Å². The summed E-state index contributed by atoms with van der Waals surface area (Å²) in [6.45, 7) is 3.77. The number of nitrogens with zero attached hydrogens (tertiary/aromatic N) is 2. The fourth-order valence-electron chi connectivity index (χ4n) is 3.27. The minimum absolute atomic E-state index is 0.194. The van der Waals surface area contributed by atoms with Crippen LogP contribution < -0.4 is 10.1 Å². The molecule has 9 heteroatoms. The first kappa shape index (κ1) is 21.6. The third-order valence-electron chi connectivity index (χ3n) is 4.92. The molecular weight excluding hydrogens is 385 g/mol. The smallest absolute Gasteiger partial charge is 0.416 e. The summed E-state index contributed by atoms with van der Waals surface area (Å²) in [4.78, 5) is 2.08. The van der Waals surface area contributed by atoms with Gasteiger partial charge in [0, 0.05) is 49.5 Å². The summed E-state index contributed by atoms with van der Waals surface area (Å²) in [6, 6.07) is 3.79. The number of hydrogen-bond donors (Lipinski definition) is 2. The summed E-state index contributed by atoms with van der Waals surface area (Å²) in [5, 5.41) is 10.1. The van der Waals surface area contributed by atoms with Crippen LogP contribution in [0.5, 0.6) is 5.75 Å². The first-order valence-corrected chi connectivity index (χ1v) is 9.66. The average Bonchev–Trinajstić information content (AvgIpc) is 3.35. The molecule has 1 aliphatic heterocycles. The van der Waals surface area contributed by atoms with Crippen molar-refractivity contribution in [1.82, 2.24) is 20.4 Å². The fourth-order valence-corrected chi connectivity index (χ4v) is 3.27. The molecule has 1 aliphatic rings. The monoisotopic (exact) mass is 412 g/mol. The highest BCUT2D eigenvalue weighted by Gasteiger charge is 2.32. The van der Waals surface area contributed by atoms with E-state index in [1.165, 1.54) is 0 Å². The van der Waals surface area contributed by atoms with Gasteiger partial charge in [0.2, 0.25) is 0 Å². The molecule has 1 atom stereocenters. The number of nitrogens with one attached hydrogen (secondary N) is 2. The molecular formula is C20H27F3N4O2. The van der Waals surface area contributed by atoms with Crippen LogP contribution >= 0.6 is 0 Å². The summed E-state index contributed by atoms with van der Waals surface area (Å²) >= 11 is 0. The highest BCUT2D eigenvalue weighted by molar-refractivity contribution is 5.66. The number of hydrogen-bond acceptors (Lipinski definition) is 5. The van der Waals surface area contributed by atoms with Gasteiger partial charge < -0.3 is 19.7 Å². The molecule has 0 saturated carbocycles. The molecule has 1 unspecified atom stereocenters. The number of aromatic amines is 1. The number of rotatable bonds is 9. The van der Waals surface area contributed by atoms with Gasteiger partial charge in [-0.1, -0.05) is 0 Å². The van der Waals surface area contributed by atoms with Crippen LogP contribution in [-0.2, 0) is 17.5 Å². The molecule has 1 aromatic heterocycles. The Labute approximate surface area is 168 Å². The lowest BCUT2D eigenvalue weighted by Crippen LogP contribution is -2.27. The molecule has 6 nitrogen and oxygen atoms in total. The van der Waals surface area contributed by atoms with Crippen molar-refractivity contribution in [2.24, 2.45) is 5.92 Å². The Bertz CT molecular complexity index is 788. The highest BCUT2D eigenvalue weighted by Crippen LogP contribution is 2.36. The largest absolute Gasteiger partial charge is 0.493 e. The molecule has 3 rings (SSSR count). The van der Waals surface area contributed by atoms with E-state index in [9.17, 15) is 13.2 Å². The standard InChI is InChI=1S/C20H27F3N4O2/c1-24-4-5-27(2)11-16-10-25-26-19(16)15-7-17(20(21,22)23)9-18(8-15)29-13-14-3-6-28-12-14/h7-10,14,24H,3-6,11-13H2,1-2H3,(H,25,26). The SMILES string of the molecule is CNCCN(C)Cc1c[nH]nc1-c1cc(OCC2CCOC2)cc(C(F)(F)F)c1. The molecule has 0 spiro atoms. The third kappa shape index (κ3) is 5.94. The Morgan fingerprint density at radius 2 is 2.17 bits per heavy atom. The summed E-state index contributed by atoms with van der Waals surface area (Å²) in [7, 11) is 3.83. The Morgan fingerprint density at radius 1 is 1.34 bits per heavy atom. The van der Waals surface area contributed by atoms with Crippen LogP contribution in [0, 0.1) is 5.92 Å². The van der Waals surface area contributed by atoms with Crippen molar-refractivity contribution in [2.75, 3.05) is 47.0 Å². The average molecular weight is 412 g/mol. The predicted molar refractivity (Wildman–Crippen MR) is 104 cm³/mol. The molecule has 0 radical (unpaired) electrons. The number of halogens is 3. The summed E-state index contributed by atoms with van der Waals surface area (Å²) < 4.78 is 51.4. The fraction of sp³-hybridized carbons (Fsp3) is 0.550. The molecule has 0 bridgehead atoms. The zero-order valence-electron chi connectivity index (χ0n) is 16.7. The Kier molecular flexibility index (Phi) is 7.15.